The highest BCUT2D eigenvalue weighted by atomic mass is 16.5. The fourth-order valence-electron chi connectivity index (χ4n) is 4.24. The van der Waals surface area contributed by atoms with Crippen LogP contribution in [0.4, 0.5) is 0 Å². The molecule has 5 nitrogen and oxygen atoms in total. The molecule has 0 radical (unpaired) electrons. The Morgan fingerprint density at radius 3 is 2.55 bits per heavy atom. The third-order valence-electron chi connectivity index (χ3n) is 6.14. The van der Waals surface area contributed by atoms with Crippen molar-refractivity contribution in [3.63, 3.8) is 0 Å². The monoisotopic (exact) mass is 422 g/mol. The van der Waals surface area contributed by atoms with Gasteiger partial charge in [-0.05, 0) is 48.6 Å². The second-order valence-corrected chi connectivity index (χ2v) is 8.26. The molecule has 0 fully saturated rings. The van der Waals surface area contributed by atoms with Crippen LogP contribution in [-0.2, 0) is 22.4 Å². The fourth-order valence-corrected chi connectivity index (χ4v) is 4.24. The van der Waals surface area contributed by atoms with Gasteiger partial charge in [-0.3, -0.25) is 9.59 Å². The molecule has 2 amide bonds. The van der Waals surface area contributed by atoms with Gasteiger partial charge in [0.05, 0.1) is 26.1 Å². The molecule has 2 aromatic carbocycles. The summed E-state index contributed by atoms with van der Waals surface area (Å²) in [6, 6.07) is 15.9. The molecule has 0 N–H and O–H groups in total. The maximum atomic E-state index is 13.2. The minimum Gasteiger partial charge on any atom is -0.497 e. The van der Waals surface area contributed by atoms with Gasteiger partial charge in [-0.15, -0.1) is 0 Å². The first-order valence-electron chi connectivity index (χ1n) is 11.3. The Morgan fingerprint density at radius 2 is 1.84 bits per heavy atom. The van der Waals surface area contributed by atoms with Crippen LogP contribution in [0, 0.1) is 0 Å². The van der Waals surface area contributed by atoms with Gasteiger partial charge in [-0.1, -0.05) is 56.2 Å². The summed E-state index contributed by atoms with van der Waals surface area (Å²) >= 11 is 0. The molecule has 1 atom stereocenters. The normalized spacial score (nSPS) is 15.3. The zero-order valence-electron chi connectivity index (χ0n) is 19.0. The molecule has 31 heavy (non-hydrogen) atoms. The first-order chi connectivity index (χ1) is 15.0. The van der Waals surface area contributed by atoms with Crippen molar-refractivity contribution in [2.24, 2.45) is 0 Å². The Kier molecular flexibility index (Phi) is 8.10. The first kappa shape index (κ1) is 22.9. The number of hydrogen-bond donors (Lipinski definition) is 0. The van der Waals surface area contributed by atoms with Gasteiger partial charge in [-0.25, -0.2) is 0 Å². The summed E-state index contributed by atoms with van der Waals surface area (Å²) in [6.07, 6.45) is 4.20. The van der Waals surface area contributed by atoms with Crippen molar-refractivity contribution >= 4 is 11.8 Å². The van der Waals surface area contributed by atoms with Gasteiger partial charge in [0, 0.05) is 13.1 Å². The molecule has 1 aliphatic heterocycles. The zero-order chi connectivity index (χ0) is 22.2. The molecular weight excluding hydrogens is 388 g/mol. The lowest BCUT2D eigenvalue weighted by molar-refractivity contribution is -0.141. The predicted molar refractivity (Wildman–Crippen MR) is 123 cm³/mol. The molecular formula is C26H34N2O3. The Bertz CT molecular complexity index is 878. The van der Waals surface area contributed by atoms with Gasteiger partial charge in [0.15, 0.2) is 0 Å². The molecule has 1 unspecified atom stereocenters. The van der Waals surface area contributed by atoms with Crippen LogP contribution >= 0.6 is 0 Å². The third-order valence-corrected chi connectivity index (χ3v) is 6.14. The number of ether oxygens (including phenoxy) is 1. The van der Waals surface area contributed by atoms with Crippen molar-refractivity contribution in [3.05, 3.63) is 65.2 Å². The van der Waals surface area contributed by atoms with E-state index in [1.165, 1.54) is 11.1 Å². The molecule has 2 aromatic rings. The standard InChI is InChI=1S/C26H34N2O3/c1-4-5-8-16-27(25(29)18-21-11-13-23(31-3)14-12-21)19-26(30)28-17-15-22-9-6-7-10-24(22)20(28)2/h6-7,9-14,20H,4-5,8,15-19H2,1-3H3. The Balaban J connectivity index is 1.67. The van der Waals surface area contributed by atoms with Crippen molar-refractivity contribution in [1.29, 1.82) is 0 Å². The quantitative estimate of drug-likeness (QED) is 0.563. The molecule has 3 rings (SSSR count). The summed E-state index contributed by atoms with van der Waals surface area (Å²) in [5.74, 6) is 0.798. The zero-order valence-corrected chi connectivity index (χ0v) is 19.0. The lowest BCUT2D eigenvalue weighted by Gasteiger charge is -2.36. The van der Waals surface area contributed by atoms with Crippen LogP contribution < -0.4 is 4.74 Å². The van der Waals surface area contributed by atoms with Crippen LogP contribution in [0.3, 0.4) is 0 Å². The number of hydrogen-bond acceptors (Lipinski definition) is 3. The van der Waals surface area contributed by atoms with E-state index in [4.69, 9.17) is 4.74 Å². The highest BCUT2D eigenvalue weighted by Crippen LogP contribution is 2.29. The van der Waals surface area contributed by atoms with Crippen LogP contribution in [0.1, 0.15) is 55.8 Å². The summed E-state index contributed by atoms with van der Waals surface area (Å²) in [5.41, 5.74) is 3.46. The van der Waals surface area contributed by atoms with Crippen molar-refractivity contribution in [2.45, 2.75) is 52.0 Å². The maximum absolute atomic E-state index is 13.2. The molecule has 0 spiro atoms. The number of carbonyl (C=O) groups is 2. The molecule has 0 saturated carbocycles. The van der Waals surface area contributed by atoms with Gasteiger partial charge in [0.1, 0.15) is 5.75 Å². The summed E-state index contributed by atoms with van der Waals surface area (Å²) in [6.45, 7) is 5.68. The average molecular weight is 423 g/mol. The molecule has 0 bridgehead atoms. The maximum Gasteiger partial charge on any atom is 0.242 e. The molecule has 166 valence electrons. The number of methoxy groups -OCH3 is 1. The summed E-state index contributed by atoms with van der Waals surface area (Å²) in [7, 11) is 1.63. The van der Waals surface area contributed by atoms with E-state index in [-0.39, 0.29) is 24.4 Å². The van der Waals surface area contributed by atoms with E-state index in [0.29, 0.717) is 19.5 Å². The predicted octanol–water partition coefficient (Wildman–Crippen LogP) is 4.40. The van der Waals surface area contributed by atoms with Crippen LogP contribution in [0.15, 0.2) is 48.5 Å². The van der Waals surface area contributed by atoms with Crippen molar-refractivity contribution < 1.29 is 14.3 Å². The third kappa shape index (κ3) is 5.87. The lowest BCUT2D eigenvalue weighted by atomic mass is 9.93. The topological polar surface area (TPSA) is 49.9 Å². The number of carbonyl (C=O) groups excluding carboxylic acids is 2. The van der Waals surface area contributed by atoms with Gasteiger partial charge >= 0.3 is 0 Å². The van der Waals surface area contributed by atoms with E-state index in [1.54, 1.807) is 12.0 Å². The van der Waals surface area contributed by atoms with E-state index < -0.39 is 0 Å². The van der Waals surface area contributed by atoms with E-state index in [1.807, 2.05) is 35.2 Å². The second kappa shape index (κ2) is 11.0. The summed E-state index contributed by atoms with van der Waals surface area (Å²) in [4.78, 5) is 30.0. The molecule has 0 aliphatic carbocycles. The SMILES string of the molecule is CCCCCN(CC(=O)N1CCc2ccccc2C1C)C(=O)Cc1ccc(OC)cc1. The van der Waals surface area contributed by atoms with Gasteiger partial charge in [-0.2, -0.15) is 0 Å². The van der Waals surface area contributed by atoms with Crippen LogP contribution in [0.2, 0.25) is 0 Å². The van der Waals surface area contributed by atoms with E-state index >= 15 is 0 Å². The minimum absolute atomic E-state index is 0.000294. The fraction of sp³-hybridized carbons (Fsp3) is 0.462. The summed E-state index contributed by atoms with van der Waals surface area (Å²) in [5, 5.41) is 0. The number of benzene rings is 2. The Hall–Kier alpha value is -2.82. The Labute approximate surface area is 186 Å². The van der Waals surface area contributed by atoms with E-state index in [9.17, 15) is 9.59 Å². The molecule has 5 heteroatoms. The smallest absolute Gasteiger partial charge is 0.242 e. The lowest BCUT2D eigenvalue weighted by Crippen LogP contribution is -2.46. The van der Waals surface area contributed by atoms with Gasteiger partial charge in [0.2, 0.25) is 11.8 Å². The highest BCUT2D eigenvalue weighted by Gasteiger charge is 2.29. The number of fused-ring (bicyclic) bond motifs is 1. The molecule has 1 aliphatic rings. The second-order valence-electron chi connectivity index (χ2n) is 8.26. The van der Waals surface area contributed by atoms with Crippen molar-refractivity contribution in [3.8, 4) is 5.75 Å². The number of amides is 2. The van der Waals surface area contributed by atoms with Crippen LogP contribution in [-0.4, -0.2) is 48.4 Å². The number of rotatable bonds is 9. The van der Waals surface area contributed by atoms with Crippen molar-refractivity contribution in [2.75, 3.05) is 26.7 Å². The Morgan fingerprint density at radius 1 is 1.10 bits per heavy atom. The average Bonchev–Trinajstić information content (AvgIpc) is 2.79. The number of unbranched alkanes of at least 4 members (excludes halogenated alkanes) is 2. The van der Waals surface area contributed by atoms with Crippen LogP contribution in [0.5, 0.6) is 5.75 Å². The highest BCUT2D eigenvalue weighted by molar-refractivity contribution is 5.86. The van der Waals surface area contributed by atoms with Crippen LogP contribution in [0.25, 0.3) is 0 Å². The number of nitrogens with zero attached hydrogens (tertiary/aromatic N) is 2. The first-order valence-corrected chi connectivity index (χ1v) is 11.3. The van der Waals surface area contributed by atoms with Gasteiger partial charge in [0.25, 0.3) is 0 Å². The molecule has 0 aromatic heterocycles. The van der Waals surface area contributed by atoms with E-state index in [2.05, 4.69) is 32.0 Å². The minimum atomic E-state index is -0.000294. The molecule has 0 saturated heterocycles. The van der Waals surface area contributed by atoms with E-state index in [0.717, 1.165) is 37.0 Å². The summed E-state index contributed by atoms with van der Waals surface area (Å²) < 4.78 is 5.20. The molecule has 1 heterocycles. The largest absolute Gasteiger partial charge is 0.497 e. The van der Waals surface area contributed by atoms with Gasteiger partial charge < -0.3 is 14.5 Å². The van der Waals surface area contributed by atoms with Crippen molar-refractivity contribution in [1.82, 2.24) is 9.80 Å².